The quantitative estimate of drug-likeness (QED) is 0.763. The fourth-order valence-corrected chi connectivity index (χ4v) is 1.94. The molecule has 1 aromatic rings. The van der Waals surface area contributed by atoms with Gasteiger partial charge in [0.05, 0.1) is 11.6 Å². The van der Waals surface area contributed by atoms with Crippen molar-refractivity contribution in [1.82, 2.24) is 0 Å². The number of rotatable bonds is 2. The second-order valence-corrected chi connectivity index (χ2v) is 4.18. The molecule has 1 aromatic carbocycles. The number of amides is 1. The topological polar surface area (TPSA) is 37.4 Å². The van der Waals surface area contributed by atoms with Crippen molar-refractivity contribution in [2.75, 3.05) is 11.4 Å². The van der Waals surface area contributed by atoms with E-state index in [1.807, 2.05) is 0 Å². The zero-order valence-electron chi connectivity index (χ0n) is 8.62. The van der Waals surface area contributed by atoms with Crippen molar-refractivity contribution in [2.24, 2.45) is 5.92 Å². The minimum absolute atomic E-state index is 0.0307. The van der Waals surface area contributed by atoms with E-state index in [1.54, 1.807) is 0 Å². The van der Waals surface area contributed by atoms with Crippen LogP contribution in [0.15, 0.2) is 18.2 Å². The second-order valence-electron chi connectivity index (χ2n) is 3.81. The van der Waals surface area contributed by atoms with Gasteiger partial charge >= 0.3 is 0 Å². The van der Waals surface area contributed by atoms with Gasteiger partial charge < -0.3 is 4.90 Å². The minimum Gasteiger partial charge on any atom is -0.309 e. The zero-order chi connectivity index (χ0) is 12.6. The molecule has 0 unspecified atom stereocenters. The highest BCUT2D eigenvalue weighted by molar-refractivity contribution is 6.64. The lowest BCUT2D eigenvalue weighted by atomic mass is 10.1. The predicted octanol–water partition coefficient (Wildman–Crippen LogP) is 2.08. The molecule has 0 aliphatic carbocycles. The maximum atomic E-state index is 13.5. The molecule has 1 heterocycles. The van der Waals surface area contributed by atoms with Gasteiger partial charge in [-0.1, -0.05) is 0 Å². The number of benzene rings is 1. The van der Waals surface area contributed by atoms with Crippen LogP contribution in [0.25, 0.3) is 0 Å². The lowest BCUT2D eigenvalue weighted by Crippen LogP contribution is -2.26. The van der Waals surface area contributed by atoms with Gasteiger partial charge in [0.2, 0.25) is 11.1 Å². The number of hydrogen-bond acceptors (Lipinski definition) is 2. The van der Waals surface area contributed by atoms with Crippen molar-refractivity contribution < 1.29 is 18.4 Å². The van der Waals surface area contributed by atoms with Crippen LogP contribution in [0.2, 0.25) is 0 Å². The minimum atomic E-state index is -0.832. The molecule has 2 rings (SSSR count). The molecule has 1 amide bonds. The Morgan fingerprint density at radius 1 is 1.41 bits per heavy atom. The van der Waals surface area contributed by atoms with Gasteiger partial charge in [0.25, 0.3) is 0 Å². The van der Waals surface area contributed by atoms with Gasteiger partial charge in [0.15, 0.2) is 0 Å². The molecule has 0 radical (unpaired) electrons. The molecule has 17 heavy (non-hydrogen) atoms. The summed E-state index contributed by atoms with van der Waals surface area (Å²) in [5, 5.41) is -0.622. The number of nitrogens with zero attached hydrogens (tertiary/aromatic N) is 1. The van der Waals surface area contributed by atoms with Gasteiger partial charge in [-0.15, -0.1) is 0 Å². The van der Waals surface area contributed by atoms with E-state index in [-0.39, 0.29) is 18.7 Å². The van der Waals surface area contributed by atoms with E-state index in [1.165, 1.54) is 6.07 Å². The number of halogens is 3. The highest BCUT2D eigenvalue weighted by atomic mass is 35.5. The first kappa shape index (κ1) is 12.0. The van der Waals surface area contributed by atoms with Crippen LogP contribution in [0, 0.1) is 17.6 Å². The maximum Gasteiger partial charge on any atom is 0.227 e. The molecule has 0 aromatic heterocycles. The summed E-state index contributed by atoms with van der Waals surface area (Å²) in [6, 6.07) is 2.92. The lowest BCUT2D eigenvalue weighted by molar-refractivity contribution is -0.120. The van der Waals surface area contributed by atoms with Crippen LogP contribution >= 0.6 is 11.6 Å². The Balaban J connectivity index is 2.29. The third-order valence-electron chi connectivity index (χ3n) is 2.65. The fraction of sp³-hybridized carbons (Fsp3) is 0.273. The van der Waals surface area contributed by atoms with E-state index in [9.17, 15) is 18.4 Å². The van der Waals surface area contributed by atoms with E-state index < -0.39 is 28.7 Å². The van der Waals surface area contributed by atoms with Crippen molar-refractivity contribution in [1.29, 1.82) is 0 Å². The third kappa shape index (κ3) is 2.29. The summed E-state index contributed by atoms with van der Waals surface area (Å²) < 4.78 is 26.2. The normalized spacial score (nSPS) is 19.8. The molecule has 6 heteroatoms. The maximum absolute atomic E-state index is 13.5. The fourth-order valence-electron chi connectivity index (χ4n) is 1.79. The third-order valence-corrected chi connectivity index (χ3v) is 2.96. The summed E-state index contributed by atoms with van der Waals surface area (Å²) >= 11 is 5.30. The lowest BCUT2D eigenvalue weighted by Gasteiger charge is -2.16. The standard InChI is InChI=1S/C11H8ClF2NO2/c12-11(17)6-3-10(16)15(5-6)9-2-1-7(13)4-8(9)14/h1-2,4,6H,3,5H2/t6-/m1/s1. The molecule has 1 aliphatic rings. The van der Waals surface area contributed by atoms with Crippen LogP contribution < -0.4 is 4.90 Å². The Bertz CT molecular complexity index is 492. The zero-order valence-corrected chi connectivity index (χ0v) is 9.38. The number of carbonyl (C=O) groups excluding carboxylic acids is 2. The summed E-state index contributed by atoms with van der Waals surface area (Å²) in [6.07, 6.45) is -0.0425. The molecule has 1 aliphatic heterocycles. The van der Waals surface area contributed by atoms with Crippen LogP contribution in [0.3, 0.4) is 0 Å². The van der Waals surface area contributed by atoms with Crippen LogP contribution in [-0.2, 0) is 9.59 Å². The molecular formula is C11H8ClF2NO2. The molecule has 1 fully saturated rings. The number of hydrogen-bond donors (Lipinski definition) is 0. The first-order valence-electron chi connectivity index (χ1n) is 4.94. The van der Waals surface area contributed by atoms with E-state index >= 15 is 0 Å². The molecule has 0 spiro atoms. The van der Waals surface area contributed by atoms with E-state index in [4.69, 9.17) is 11.6 Å². The van der Waals surface area contributed by atoms with Gasteiger partial charge in [0.1, 0.15) is 11.6 Å². The summed E-state index contributed by atoms with van der Waals surface area (Å²) in [5.41, 5.74) is -0.0307. The van der Waals surface area contributed by atoms with Crippen LogP contribution in [-0.4, -0.2) is 17.7 Å². The van der Waals surface area contributed by atoms with E-state index in [2.05, 4.69) is 0 Å². The summed E-state index contributed by atoms with van der Waals surface area (Å²) in [5.74, 6) is -2.58. The molecule has 1 saturated heterocycles. The molecule has 3 nitrogen and oxygen atoms in total. The smallest absolute Gasteiger partial charge is 0.227 e. The van der Waals surface area contributed by atoms with Crippen molar-refractivity contribution in [2.45, 2.75) is 6.42 Å². The number of anilines is 1. The monoisotopic (exact) mass is 259 g/mol. The molecule has 90 valence electrons. The summed E-state index contributed by atoms with van der Waals surface area (Å²) in [4.78, 5) is 23.6. The Morgan fingerprint density at radius 2 is 2.12 bits per heavy atom. The largest absolute Gasteiger partial charge is 0.309 e. The Kier molecular flexibility index (Phi) is 3.11. The van der Waals surface area contributed by atoms with Gasteiger partial charge in [-0.3, -0.25) is 9.59 Å². The average molecular weight is 260 g/mol. The van der Waals surface area contributed by atoms with Crippen molar-refractivity contribution in [3.63, 3.8) is 0 Å². The average Bonchev–Trinajstić information content (AvgIpc) is 2.61. The van der Waals surface area contributed by atoms with Crippen LogP contribution in [0.5, 0.6) is 0 Å². The summed E-state index contributed by atoms with van der Waals surface area (Å²) in [6.45, 7) is 0.0315. The van der Waals surface area contributed by atoms with Crippen LogP contribution in [0.4, 0.5) is 14.5 Å². The molecule has 0 N–H and O–H groups in total. The number of carbonyl (C=O) groups is 2. The molecule has 0 saturated carbocycles. The first-order chi connectivity index (χ1) is 7.99. The predicted molar refractivity (Wildman–Crippen MR) is 57.7 cm³/mol. The summed E-state index contributed by atoms with van der Waals surface area (Å²) in [7, 11) is 0. The van der Waals surface area contributed by atoms with Crippen molar-refractivity contribution in [3.05, 3.63) is 29.8 Å². The van der Waals surface area contributed by atoms with E-state index in [0.29, 0.717) is 6.07 Å². The second kappa shape index (κ2) is 4.41. The Morgan fingerprint density at radius 3 is 2.65 bits per heavy atom. The highest BCUT2D eigenvalue weighted by Gasteiger charge is 2.35. The van der Waals surface area contributed by atoms with E-state index in [0.717, 1.165) is 11.0 Å². The van der Waals surface area contributed by atoms with Gasteiger partial charge in [0, 0.05) is 19.0 Å². The van der Waals surface area contributed by atoms with Gasteiger partial charge in [-0.25, -0.2) is 8.78 Å². The molecule has 0 bridgehead atoms. The van der Waals surface area contributed by atoms with Crippen molar-refractivity contribution >= 4 is 28.4 Å². The Hall–Kier alpha value is -1.49. The first-order valence-corrected chi connectivity index (χ1v) is 5.31. The SMILES string of the molecule is O=C(Cl)[C@@H]1CC(=O)N(c2ccc(F)cc2F)C1. The Labute approximate surface area is 101 Å². The highest BCUT2D eigenvalue weighted by Crippen LogP contribution is 2.28. The molecule has 1 atom stereocenters. The molecular weight excluding hydrogens is 252 g/mol. The van der Waals surface area contributed by atoms with Crippen LogP contribution in [0.1, 0.15) is 6.42 Å². The van der Waals surface area contributed by atoms with Crippen molar-refractivity contribution in [3.8, 4) is 0 Å². The van der Waals surface area contributed by atoms with Gasteiger partial charge in [-0.2, -0.15) is 0 Å². The van der Waals surface area contributed by atoms with Gasteiger partial charge in [-0.05, 0) is 23.7 Å².